The SMILES string of the molecule is COc1ccc(C(=O)N(CC(=O)NCC(=O)Nc2ccc(C)cc2)Cc2ccc(F)cc2)c(OC)c1. The summed E-state index contributed by atoms with van der Waals surface area (Å²) in [5.41, 5.74) is 2.52. The maximum atomic E-state index is 13.4. The van der Waals surface area contributed by atoms with E-state index in [0.29, 0.717) is 17.0 Å². The number of carbonyl (C=O) groups is 3. The Balaban J connectivity index is 1.71. The van der Waals surface area contributed by atoms with Crippen molar-refractivity contribution in [3.05, 3.63) is 89.2 Å². The number of methoxy groups -OCH3 is 2. The van der Waals surface area contributed by atoms with E-state index in [2.05, 4.69) is 10.6 Å². The van der Waals surface area contributed by atoms with Crippen molar-refractivity contribution in [3.63, 3.8) is 0 Å². The number of carbonyl (C=O) groups excluding carboxylic acids is 3. The van der Waals surface area contributed by atoms with Gasteiger partial charge < -0.3 is 25.0 Å². The molecule has 0 aliphatic rings. The minimum absolute atomic E-state index is 0.0390. The Labute approximate surface area is 209 Å². The maximum absolute atomic E-state index is 13.4. The molecule has 0 aromatic heterocycles. The average Bonchev–Trinajstić information content (AvgIpc) is 2.88. The van der Waals surface area contributed by atoms with Crippen molar-refractivity contribution >= 4 is 23.4 Å². The number of nitrogens with zero attached hydrogens (tertiary/aromatic N) is 1. The van der Waals surface area contributed by atoms with Crippen molar-refractivity contribution < 1.29 is 28.2 Å². The van der Waals surface area contributed by atoms with Gasteiger partial charge in [-0.05, 0) is 48.9 Å². The fourth-order valence-corrected chi connectivity index (χ4v) is 3.41. The summed E-state index contributed by atoms with van der Waals surface area (Å²) in [4.78, 5) is 39.6. The summed E-state index contributed by atoms with van der Waals surface area (Å²) in [5.74, 6) is -1.03. The molecule has 0 saturated heterocycles. The lowest BCUT2D eigenvalue weighted by Crippen LogP contribution is -2.42. The molecule has 0 aliphatic carbocycles. The molecule has 0 unspecified atom stereocenters. The van der Waals surface area contributed by atoms with E-state index >= 15 is 0 Å². The van der Waals surface area contributed by atoms with E-state index in [1.165, 1.54) is 43.4 Å². The van der Waals surface area contributed by atoms with E-state index in [-0.39, 0.29) is 30.9 Å². The molecule has 0 fully saturated rings. The van der Waals surface area contributed by atoms with Crippen LogP contribution in [0.1, 0.15) is 21.5 Å². The summed E-state index contributed by atoms with van der Waals surface area (Å²) >= 11 is 0. The quantitative estimate of drug-likeness (QED) is 0.450. The van der Waals surface area contributed by atoms with Crippen molar-refractivity contribution in [2.24, 2.45) is 0 Å². The Kier molecular flexibility index (Phi) is 8.99. The summed E-state index contributed by atoms with van der Waals surface area (Å²) in [6, 6.07) is 17.6. The number of benzene rings is 3. The van der Waals surface area contributed by atoms with Crippen molar-refractivity contribution in [3.8, 4) is 11.5 Å². The number of ether oxygens (including phenoxy) is 2. The van der Waals surface area contributed by atoms with Gasteiger partial charge in [-0.1, -0.05) is 29.8 Å². The van der Waals surface area contributed by atoms with E-state index in [4.69, 9.17) is 9.47 Å². The maximum Gasteiger partial charge on any atom is 0.258 e. The van der Waals surface area contributed by atoms with Gasteiger partial charge in [-0.15, -0.1) is 0 Å². The molecule has 3 amide bonds. The first-order chi connectivity index (χ1) is 17.3. The third-order valence-electron chi connectivity index (χ3n) is 5.33. The highest BCUT2D eigenvalue weighted by molar-refractivity contribution is 6.00. The molecule has 0 heterocycles. The monoisotopic (exact) mass is 493 g/mol. The van der Waals surface area contributed by atoms with Crippen LogP contribution >= 0.6 is 0 Å². The van der Waals surface area contributed by atoms with Crippen LogP contribution in [-0.4, -0.2) is 49.9 Å². The average molecular weight is 494 g/mol. The van der Waals surface area contributed by atoms with Gasteiger partial charge in [0.1, 0.15) is 23.9 Å². The van der Waals surface area contributed by atoms with Gasteiger partial charge in [-0.2, -0.15) is 0 Å². The number of amides is 3. The van der Waals surface area contributed by atoms with Crippen LogP contribution in [0.3, 0.4) is 0 Å². The van der Waals surface area contributed by atoms with Crippen LogP contribution in [0.15, 0.2) is 66.7 Å². The van der Waals surface area contributed by atoms with Gasteiger partial charge in [0, 0.05) is 18.3 Å². The van der Waals surface area contributed by atoms with Gasteiger partial charge in [-0.3, -0.25) is 14.4 Å². The van der Waals surface area contributed by atoms with Gasteiger partial charge in [0.15, 0.2) is 0 Å². The number of halogens is 1. The summed E-state index contributed by atoms with van der Waals surface area (Å²) in [5, 5.41) is 5.24. The van der Waals surface area contributed by atoms with Crippen molar-refractivity contribution in [2.45, 2.75) is 13.5 Å². The van der Waals surface area contributed by atoms with Crippen LogP contribution in [0, 0.1) is 12.7 Å². The normalized spacial score (nSPS) is 10.3. The standard InChI is InChI=1S/C27H28FN3O5/c1-18-4-10-21(11-5-18)30-25(32)15-29-26(33)17-31(16-19-6-8-20(28)9-7-19)27(34)23-13-12-22(35-2)14-24(23)36-3/h4-14H,15-17H2,1-3H3,(H,29,33)(H,30,32). The Hall–Kier alpha value is -4.40. The molecule has 188 valence electrons. The number of hydrogen-bond acceptors (Lipinski definition) is 5. The van der Waals surface area contributed by atoms with Gasteiger partial charge in [-0.25, -0.2) is 4.39 Å². The number of rotatable bonds is 10. The number of anilines is 1. The minimum Gasteiger partial charge on any atom is -0.497 e. The molecular weight excluding hydrogens is 465 g/mol. The largest absolute Gasteiger partial charge is 0.497 e. The molecule has 8 nitrogen and oxygen atoms in total. The van der Waals surface area contributed by atoms with E-state index in [1.807, 2.05) is 19.1 Å². The van der Waals surface area contributed by atoms with Crippen LogP contribution < -0.4 is 20.1 Å². The molecule has 3 aromatic carbocycles. The highest BCUT2D eigenvalue weighted by Crippen LogP contribution is 2.26. The predicted octanol–water partition coefficient (Wildman–Crippen LogP) is 3.55. The number of hydrogen-bond donors (Lipinski definition) is 2. The van der Waals surface area contributed by atoms with E-state index in [0.717, 1.165) is 5.56 Å². The minimum atomic E-state index is -0.531. The highest BCUT2D eigenvalue weighted by Gasteiger charge is 2.23. The first-order valence-corrected chi connectivity index (χ1v) is 11.2. The molecule has 0 atom stereocenters. The molecule has 0 aliphatic heterocycles. The zero-order chi connectivity index (χ0) is 26.1. The van der Waals surface area contributed by atoms with Crippen molar-refractivity contribution in [1.82, 2.24) is 10.2 Å². The van der Waals surface area contributed by atoms with Crippen LogP contribution in [0.4, 0.5) is 10.1 Å². The third kappa shape index (κ3) is 7.30. The first kappa shape index (κ1) is 26.2. The summed E-state index contributed by atoms with van der Waals surface area (Å²) < 4.78 is 23.9. The van der Waals surface area contributed by atoms with E-state index < -0.39 is 23.5 Å². The fourth-order valence-electron chi connectivity index (χ4n) is 3.41. The predicted molar refractivity (Wildman–Crippen MR) is 134 cm³/mol. The Morgan fingerprint density at radius 3 is 2.22 bits per heavy atom. The zero-order valence-electron chi connectivity index (χ0n) is 20.3. The van der Waals surface area contributed by atoms with Crippen LogP contribution in [0.25, 0.3) is 0 Å². The summed E-state index contributed by atoms with van der Waals surface area (Å²) in [6.07, 6.45) is 0. The lowest BCUT2D eigenvalue weighted by molar-refractivity contribution is -0.124. The third-order valence-corrected chi connectivity index (χ3v) is 5.33. The molecule has 0 saturated carbocycles. The van der Waals surface area contributed by atoms with Gasteiger partial charge in [0.25, 0.3) is 5.91 Å². The molecular formula is C27H28FN3O5. The summed E-state index contributed by atoms with van der Waals surface area (Å²) in [7, 11) is 2.92. The molecule has 36 heavy (non-hydrogen) atoms. The Bertz CT molecular complexity index is 1210. The molecule has 0 bridgehead atoms. The fraction of sp³-hybridized carbons (Fsp3) is 0.222. The smallest absolute Gasteiger partial charge is 0.258 e. The number of nitrogens with one attached hydrogen (secondary N) is 2. The first-order valence-electron chi connectivity index (χ1n) is 11.2. The number of aryl methyl sites for hydroxylation is 1. The van der Waals surface area contributed by atoms with Crippen molar-refractivity contribution in [1.29, 1.82) is 0 Å². The van der Waals surface area contributed by atoms with Gasteiger partial charge in [0.05, 0.1) is 26.3 Å². The van der Waals surface area contributed by atoms with E-state index in [9.17, 15) is 18.8 Å². The van der Waals surface area contributed by atoms with Crippen molar-refractivity contribution in [2.75, 3.05) is 32.6 Å². The van der Waals surface area contributed by atoms with Crippen LogP contribution in [0.2, 0.25) is 0 Å². The lowest BCUT2D eigenvalue weighted by atomic mass is 10.1. The second-order valence-electron chi connectivity index (χ2n) is 8.04. The highest BCUT2D eigenvalue weighted by atomic mass is 19.1. The Morgan fingerprint density at radius 1 is 0.889 bits per heavy atom. The van der Waals surface area contributed by atoms with E-state index in [1.54, 1.807) is 30.3 Å². The molecule has 2 N–H and O–H groups in total. The van der Waals surface area contributed by atoms with Gasteiger partial charge >= 0.3 is 0 Å². The van der Waals surface area contributed by atoms with Gasteiger partial charge in [0.2, 0.25) is 11.8 Å². The van der Waals surface area contributed by atoms with Crippen LogP contribution in [-0.2, 0) is 16.1 Å². The zero-order valence-corrected chi connectivity index (χ0v) is 20.3. The van der Waals surface area contributed by atoms with Crippen LogP contribution in [0.5, 0.6) is 11.5 Å². The molecule has 9 heteroatoms. The second-order valence-corrected chi connectivity index (χ2v) is 8.04. The lowest BCUT2D eigenvalue weighted by Gasteiger charge is -2.23. The topological polar surface area (TPSA) is 97.0 Å². The Morgan fingerprint density at radius 2 is 1.58 bits per heavy atom. The second kappa shape index (κ2) is 12.3. The molecule has 3 rings (SSSR count). The molecule has 0 spiro atoms. The molecule has 3 aromatic rings. The molecule has 0 radical (unpaired) electrons. The summed E-state index contributed by atoms with van der Waals surface area (Å²) in [6.45, 7) is 1.38.